The molecule has 0 amide bonds. The number of rotatable bonds is 0. The Balaban J connectivity index is 3.46. The predicted molar refractivity (Wildman–Crippen MR) is 50.8 cm³/mol. The second-order valence-electron chi connectivity index (χ2n) is 3.12. The third-order valence-electron chi connectivity index (χ3n) is 2.48. The molecule has 0 fully saturated rings. The van der Waals surface area contributed by atoms with E-state index in [1.807, 2.05) is 0 Å². The van der Waals surface area contributed by atoms with Crippen molar-refractivity contribution in [1.29, 1.82) is 0 Å². The Hall–Kier alpha value is -0.563. The minimum atomic E-state index is 1.21. The van der Waals surface area contributed by atoms with Gasteiger partial charge in [0, 0.05) is 0 Å². The molecule has 11 heavy (non-hydrogen) atoms. The van der Waals surface area contributed by atoms with Crippen LogP contribution in [0.3, 0.4) is 0 Å². The first-order valence-corrected chi connectivity index (χ1v) is 4.33. The van der Waals surface area contributed by atoms with Crippen molar-refractivity contribution in [3.05, 3.63) is 28.3 Å². The zero-order chi connectivity index (χ0) is 8.59. The van der Waals surface area contributed by atoms with Gasteiger partial charge in [0.1, 0.15) is 0 Å². The molecule has 0 aliphatic carbocycles. The Bertz CT molecular complexity index is 261. The van der Waals surface area contributed by atoms with Crippen molar-refractivity contribution >= 4 is 15.4 Å². The highest BCUT2D eigenvalue weighted by molar-refractivity contribution is 6.33. The van der Waals surface area contributed by atoms with Crippen molar-refractivity contribution in [2.45, 2.75) is 27.7 Å². The summed E-state index contributed by atoms with van der Waals surface area (Å²) in [7, 11) is 3.58. The van der Waals surface area contributed by atoms with E-state index in [0.29, 0.717) is 0 Å². The molecule has 0 saturated heterocycles. The lowest BCUT2D eigenvalue weighted by atomic mass is 10.00. The molecule has 0 aliphatic heterocycles. The van der Waals surface area contributed by atoms with Gasteiger partial charge in [0.25, 0.3) is 0 Å². The largest absolute Gasteiger partial charge is 0.0715 e. The molecular weight excluding hydrogens is 148 g/mol. The van der Waals surface area contributed by atoms with Gasteiger partial charge in [-0.15, -0.1) is 0 Å². The summed E-state index contributed by atoms with van der Waals surface area (Å²) in [6.07, 6.45) is 0. The lowest BCUT2D eigenvalue weighted by Gasteiger charge is -2.10. The lowest BCUT2D eigenvalue weighted by Crippen LogP contribution is -2.11. The van der Waals surface area contributed by atoms with E-state index in [-0.39, 0.29) is 0 Å². The average molecular weight is 161 g/mol. The molecule has 0 spiro atoms. The van der Waals surface area contributed by atoms with E-state index in [4.69, 9.17) is 0 Å². The van der Waals surface area contributed by atoms with Crippen LogP contribution in [0.2, 0.25) is 0 Å². The molecule has 0 unspecified atom stereocenters. The van der Waals surface area contributed by atoms with E-state index in [2.05, 4.69) is 44.0 Å². The zero-order valence-electron chi connectivity index (χ0n) is 7.58. The summed E-state index contributed by atoms with van der Waals surface area (Å²) in [6.45, 7) is 8.63. The molecule has 57 valence electrons. The maximum absolute atomic E-state index is 3.58. The number of hydrogen-bond acceptors (Lipinski definition) is 0. The van der Waals surface area contributed by atoms with E-state index < -0.39 is 0 Å². The normalized spacial score (nSPS) is 10.3. The Kier molecular flexibility index (Phi) is 2.19. The van der Waals surface area contributed by atoms with Gasteiger partial charge in [-0.25, -0.2) is 0 Å². The standard InChI is InChI=1S/C10H13Si/c1-6-5-10(11)9(4)8(3)7(6)2/h5H,1-4H3. The van der Waals surface area contributed by atoms with Crippen molar-refractivity contribution in [3.8, 4) is 0 Å². The highest BCUT2D eigenvalue weighted by Crippen LogP contribution is 2.13. The van der Waals surface area contributed by atoms with E-state index in [9.17, 15) is 0 Å². The van der Waals surface area contributed by atoms with Crippen LogP contribution in [0.4, 0.5) is 0 Å². The monoisotopic (exact) mass is 161 g/mol. The topological polar surface area (TPSA) is 0 Å². The van der Waals surface area contributed by atoms with E-state index in [1.54, 1.807) is 0 Å². The lowest BCUT2D eigenvalue weighted by molar-refractivity contribution is 1.23. The van der Waals surface area contributed by atoms with Gasteiger partial charge in [-0.05, 0) is 49.9 Å². The summed E-state index contributed by atoms with van der Waals surface area (Å²) < 4.78 is 0. The van der Waals surface area contributed by atoms with Crippen LogP contribution in [0.25, 0.3) is 0 Å². The summed E-state index contributed by atoms with van der Waals surface area (Å²) in [6, 6.07) is 2.18. The second-order valence-corrected chi connectivity index (χ2v) is 3.65. The molecule has 0 N–H and O–H groups in total. The van der Waals surface area contributed by atoms with Crippen molar-refractivity contribution < 1.29 is 0 Å². The Morgan fingerprint density at radius 2 is 1.45 bits per heavy atom. The molecule has 0 heterocycles. The van der Waals surface area contributed by atoms with Gasteiger partial charge in [-0.1, -0.05) is 11.3 Å². The predicted octanol–water partition coefficient (Wildman–Crippen LogP) is 1.71. The van der Waals surface area contributed by atoms with Crippen LogP contribution in [-0.4, -0.2) is 10.2 Å². The molecule has 0 aliphatic rings. The van der Waals surface area contributed by atoms with Gasteiger partial charge in [-0.3, -0.25) is 0 Å². The Morgan fingerprint density at radius 1 is 0.909 bits per heavy atom. The number of benzene rings is 1. The van der Waals surface area contributed by atoms with Gasteiger partial charge in [0.05, 0.1) is 10.2 Å². The van der Waals surface area contributed by atoms with Crippen molar-refractivity contribution in [2.24, 2.45) is 0 Å². The zero-order valence-corrected chi connectivity index (χ0v) is 8.58. The summed E-state index contributed by atoms with van der Waals surface area (Å²) >= 11 is 0. The highest BCUT2D eigenvalue weighted by atomic mass is 28.1. The maximum Gasteiger partial charge on any atom is 0.0715 e. The first-order valence-electron chi connectivity index (χ1n) is 3.83. The molecule has 0 aromatic heterocycles. The molecule has 3 radical (unpaired) electrons. The Morgan fingerprint density at radius 3 is 2.00 bits per heavy atom. The van der Waals surface area contributed by atoms with Crippen LogP contribution in [0, 0.1) is 27.7 Å². The molecule has 1 heteroatoms. The van der Waals surface area contributed by atoms with Crippen molar-refractivity contribution in [1.82, 2.24) is 0 Å². The quantitative estimate of drug-likeness (QED) is 0.508. The molecule has 0 nitrogen and oxygen atoms in total. The van der Waals surface area contributed by atoms with Crippen LogP contribution >= 0.6 is 0 Å². The second kappa shape index (κ2) is 2.82. The molecule has 1 aromatic rings. The summed E-state index contributed by atoms with van der Waals surface area (Å²) in [4.78, 5) is 0. The van der Waals surface area contributed by atoms with E-state index in [1.165, 1.54) is 27.4 Å². The summed E-state index contributed by atoms with van der Waals surface area (Å²) in [5.41, 5.74) is 5.52. The fourth-order valence-corrected chi connectivity index (χ4v) is 1.62. The first-order chi connectivity index (χ1) is 5.04. The van der Waals surface area contributed by atoms with E-state index in [0.717, 1.165) is 0 Å². The molecule has 0 atom stereocenters. The van der Waals surface area contributed by atoms with Crippen LogP contribution in [0.1, 0.15) is 22.3 Å². The third kappa shape index (κ3) is 1.38. The van der Waals surface area contributed by atoms with Crippen LogP contribution < -0.4 is 5.19 Å². The Labute approximate surface area is 72.1 Å². The maximum atomic E-state index is 3.58. The van der Waals surface area contributed by atoms with Crippen LogP contribution in [0.15, 0.2) is 6.07 Å². The van der Waals surface area contributed by atoms with Gasteiger partial charge < -0.3 is 0 Å². The minimum absolute atomic E-state index is 1.21. The summed E-state index contributed by atoms with van der Waals surface area (Å²) in [5, 5.41) is 1.21. The fraction of sp³-hybridized carbons (Fsp3) is 0.400. The molecular formula is C10H13Si. The highest BCUT2D eigenvalue weighted by Gasteiger charge is 2.02. The molecule has 0 bridgehead atoms. The third-order valence-corrected chi connectivity index (χ3v) is 3.00. The van der Waals surface area contributed by atoms with Crippen molar-refractivity contribution in [2.75, 3.05) is 0 Å². The van der Waals surface area contributed by atoms with E-state index >= 15 is 0 Å². The smallest absolute Gasteiger partial charge is 0.0640 e. The van der Waals surface area contributed by atoms with Gasteiger partial charge in [0.15, 0.2) is 0 Å². The van der Waals surface area contributed by atoms with Crippen molar-refractivity contribution in [3.63, 3.8) is 0 Å². The first kappa shape index (κ1) is 8.53. The SMILES string of the molecule is Cc1cc([Si])c(C)c(C)c1C. The minimum Gasteiger partial charge on any atom is -0.0640 e. The molecule has 1 rings (SSSR count). The van der Waals surface area contributed by atoms with Crippen LogP contribution in [0.5, 0.6) is 0 Å². The molecule has 1 aromatic carbocycles. The van der Waals surface area contributed by atoms with Gasteiger partial charge in [0.2, 0.25) is 0 Å². The fourth-order valence-electron chi connectivity index (χ4n) is 1.21. The molecule has 0 saturated carbocycles. The summed E-state index contributed by atoms with van der Waals surface area (Å²) in [5.74, 6) is 0. The number of hydrogen-bond donors (Lipinski definition) is 0. The average Bonchev–Trinajstić information content (AvgIpc) is 1.97. The van der Waals surface area contributed by atoms with Gasteiger partial charge in [-0.2, -0.15) is 0 Å². The van der Waals surface area contributed by atoms with Crippen LogP contribution in [-0.2, 0) is 0 Å². The number of aryl methyl sites for hydroxylation is 1. The van der Waals surface area contributed by atoms with Gasteiger partial charge >= 0.3 is 0 Å².